The summed E-state index contributed by atoms with van der Waals surface area (Å²) in [5.74, 6) is 2.59. The summed E-state index contributed by atoms with van der Waals surface area (Å²) in [4.78, 5) is 1.18. The molecule has 0 radical (unpaired) electrons. The van der Waals surface area contributed by atoms with Crippen LogP contribution in [0.25, 0.3) is 10.7 Å². The molecule has 1 aliphatic carbocycles. The summed E-state index contributed by atoms with van der Waals surface area (Å²) < 4.78 is 7.38. The number of rotatable bonds is 5. The molecule has 0 unspecified atom stereocenters. The van der Waals surface area contributed by atoms with Crippen LogP contribution in [0.3, 0.4) is 0 Å². The lowest BCUT2D eigenvalue weighted by molar-refractivity contribution is 0.393. The van der Waals surface area contributed by atoms with Gasteiger partial charge in [0.25, 0.3) is 0 Å². The van der Waals surface area contributed by atoms with Gasteiger partial charge in [-0.1, -0.05) is 23.0 Å². The van der Waals surface area contributed by atoms with Crippen LogP contribution in [0.1, 0.15) is 30.3 Å². The van der Waals surface area contributed by atoms with E-state index in [1.54, 1.807) is 23.1 Å². The molecule has 3 heterocycles. The van der Waals surface area contributed by atoms with Crippen molar-refractivity contribution in [3.8, 4) is 10.7 Å². The average Bonchev–Trinajstić information content (AvgIpc) is 2.93. The predicted octanol–water partition coefficient (Wildman–Crippen LogP) is 3.93. The first-order valence-corrected chi connectivity index (χ1v) is 8.71. The molecule has 0 spiro atoms. The summed E-state index contributed by atoms with van der Waals surface area (Å²) >= 11 is 3.38. The van der Waals surface area contributed by atoms with E-state index in [0.29, 0.717) is 6.04 Å². The largest absolute Gasteiger partial charge is 0.361 e. The minimum Gasteiger partial charge on any atom is -0.361 e. The Labute approximate surface area is 130 Å². The van der Waals surface area contributed by atoms with Crippen molar-refractivity contribution in [2.45, 2.75) is 36.7 Å². The molecular weight excluding hydrogens is 304 g/mol. The van der Waals surface area contributed by atoms with Crippen LogP contribution in [0.2, 0.25) is 0 Å². The van der Waals surface area contributed by atoms with E-state index in [4.69, 9.17) is 4.52 Å². The fourth-order valence-corrected chi connectivity index (χ4v) is 3.83. The summed E-state index contributed by atoms with van der Waals surface area (Å²) in [6.45, 7) is 1.91. The zero-order valence-corrected chi connectivity index (χ0v) is 13.2. The van der Waals surface area contributed by atoms with E-state index < -0.39 is 0 Å². The minimum absolute atomic E-state index is 0.554. The molecule has 1 saturated carbocycles. The molecule has 0 bridgehead atoms. The van der Waals surface area contributed by atoms with Crippen molar-refractivity contribution in [3.05, 3.63) is 35.0 Å². The van der Waals surface area contributed by atoms with Gasteiger partial charge in [0.05, 0.1) is 10.6 Å². The molecule has 0 aliphatic heterocycles. The highest BCUT2D eigenvalue weighted by molar-refractivity contribution is 7.98. The predicted molar refractivity (Wildman–Crippen MR) is 82.4 cm³/mol. The fraction of sp³-hybridized carbons (Fsp3) is 0.357. The van der Waals surface area contributed by atoms with Gasteiger partial charge in [0, 0.05) is 17.9 Å². The number of thioether (sulfide) groups is 1. The average molecular weight is 318 g/mol. The van der Waals surface area contributed by atoms with Crippen LogP contribution in [0.15, 0.2) is 33.3 Å². The number of nitrogens with zero attached hydrogens (tertiary/aromatic N) is 4. The van der Waals surface area contributed by atoms with Gasteiger partial charge >= 0.3 is 0 Å². The molecule has 0 saturated heterocycles. The summed E-state index contributed by atoms with van der Waals surface area (Å²) in [5, 5.41) is 15.9. The Morgan fingerprint density at radius 1 is 1.43 bits per heavy atom. The second-order valence-corrected chi connectivity index (χ2v) is 6.99. The van der Waals surface area contributed by atoms with Crippen LogP contribution in [0.5, 0.6) is 0 Å². The number of hydrogen-bond acceptors (Lipinski definition) is 6. The van der Waals surface area contributed by atoms with Crippen LogP contribution in [0, 0.1) is 6.92 Å². The quantitative estimate of drug-likeness (QED) is 0.667. The number of thiophene rings is 1. The van der Waals surface area contributed by atoms with Gasteiger partial charge < -0.3 is 4.52 Å². The Hall–Kier alpha value is -1.60. The van der Waals surface area contributed by atoms with E-state index in [-0.39, 0.29) is 0 Å². The zero-order chi connectivity index (χ0) is 14.2. The highest BCUT2D eigenvalue weighted by Crippen LogP contribution is 2.42. The summed E-state index contributed by atoms with van der Waals surface area (Å²) in [6.07, 6.45) is 2.43. The lowest BCUT2D eigenvalue weighted by Gasteiger charge is -2.06. The van der Waals surface area contributed by atoms with E-state index in [1.807, 2.05) is 13.0 Å². The Kier molecular flexibility index (Phi) is 3.31. The van der Waals surface area contributed by atoms with Crippen LogP contribution >= 0.6 is 23.1 Å². The van der Waals surface area contributed by atoms with Gasteiger partial charge in [0.15, 0.2) is 11.0 Å². The number of hydrogen-bond donors (Lipinski definition) is 0. The third-order valence-corrected chi connectivity index (χ3v) is 5.19. The van der Waals surface area contributed by atoms with E-state index in [9.17, 15) is 0 Å². The minimum atomic E-state index is 0.554. The lowest BCUT2D eigenvalue weighted by Crippen LogP contribution is -1.99. The molecule has 3 aromatic heterocycles. The van der Waals surface area contributed by atoms with Gasteiger partial charge in [-0.3, -0.25) is 4.57 Å². The van der Waals surface area contributed by atoms with Crippen molar-refractivity contribution in [1.29, 1.82) is 0 Å². The molecule has 108 valence electrons. The first-order valence-electron chi connectivity index (χ1n) is 6.85. The molecule has 7 heteroatoms. The van der Waals surface area contributed by atoms with Crippen LogP contribution in [-0.4, -0.2) is 19.9 Å². The monoisotopic (exact) mass is 318 g/mol. The van der Waals surface area contributed by atoms with Gasteiger partial charge in [-0.15, -0.1) is 21.5 Å². The van der Waals surface area contributed by atoms with Gasteiger partial charge in [-0.2, -0.15) is 0 Å². The summed E-state index contributed by atoms with van der Waals surface area (Å²) in [5.41, 5.74) is 0.945. The smallest absolute Gasteiger partial charge is 0.192 e. The van der Waals surface area contributed by atoms with E-state index in [2.05, 4.69) is 37.4 Å². The maximum atomic E-state index is 5.10. The topological polar surface area (TPSA) is 56.7 Å². The molecule has 0 amide bonds. The summed E-state index contributed by atoms with van der Waals surface area (Å²) in [7, 11) is 0. The maximum absolute atomic E-state index is 5.10. The van der Waals surface area contributed by atoms with Crippen LogP contribution < -0.4 is 0 Å². The van der Waals surface area contributed by atoms with Crippen LogP contribution in [0.4, 0.5) is 0 Å². The first-order chi connectivity index (χ1) is 10.3. The molecule has 1 fully saturated rings. The van der Waals surface area contributed by atoms with E-state index >= 15 is 0 Å². The molecule has 5 nitrogen and oxygen atoms in total. The molecule has 0 N–H and O–H groups in total. The van der Waals surface area contributed by atoms with Crippen molar-refractivity contribution < 1.29 is 4.52 Å². The van der Waals surface area contributed by atoms with Crippen LogP contribution in [-0.2, 0) is 5.75 Å². The molecule has 0 atom stereocenters. The Bertz CT molecular complexity index is 743. The van der Waals surface area contributed by atoms with Crippen molar-refractivity contribution in [1.82, 2.24) is 19.9 Å². The standard InChI is InChI=1S/C14H14N4OS2/c1-9-7-10(17-19-9)8-21-14-16-15-13(12-3-2-6-20-12)18(14)11-4-5-11/h2-3,6-7,11H,4-5,8H2,1H3. The second-order valence-electron chi connectivity index (χ2n) is 5.10. The third kappa shape index (κ3) is 2.63. The Morgan fingerprint density at radius 3 is 3.00 bits per heavy atom. The summed E-state index contributed by atoms with van der Waals surface area (Å²) in [6, 6.07) is 6.67. The molecule has 1 aliphatic rings. The Balaban J connectivity index is 1.60. The van der Waals surface area contributed by atoms with Crippen molar-refractivity contribution in [2.24, 2.45) is 0 Å². The fourth-order valence-electron chi connectivity index (χ4n) is 2.24. The SMILES string of the molecule is Cc1cc(CSc2nnc(-c3cccs3)n2C2CC2)no1. The molecule has 21 heavy (non-hydrogen) atoms. The third-order valence-electron chi connectivity index (χ3n) is 3.34. The molecule has 0 aromatic carbocycles. The number of aromatic nitrogens is 4. The Morgan fingerprint density at radius 2 is 2.33 bits per heavy atom. The molecule has 3 aromatic rings. The van der Waals surface area contributed by atoms with Crippen molar-refractivity contribution in [2.75, 3.05) is 0 Å². The highest BCUT2D eigenvalue weighted by atomic mass is 32.2. The highest BCUT2D eigenvalue weighted by Gasteiger charge is 2.30. The maximum Gasteiger partial charge on any atom is 0.192 e. The van der Waals surface area contributed by atoms with E-state index in [1.165, 1.54) is 17.7 Å². The van der Waals surface area contributed by atoms with Gasteiger partial charge in [0.1, 0.15) is 5.76 Å². The molecular formula is C14H14N4OS2. The molecule has 4 rings (SSSR count). The van der Waals surface area contributed by atoms with Gasteiger partial charge in [-0.05, 0) is 31.2 Å². The first kappa shape index (κ1) is 13.1. The number of aryl methyl sites for hydroxylation is 1. The van der Waals surface area contributed by atoms with Gasteiger partial charge in [0.2, 0.25) is 0 Å². The van der Waals surface area contributed by atoms with Crippen molar-refractivity contribution >= 4 is 23.1 Å². The zero-order valence-electron chi connectivity index (χ0n) is 11.5. The lowest BCUT2D eigenvalue weighted by atomic mass is 10.4. The van der Waals surface area contributed by atoms with Crippen molar-refractivity contribution in [3.63, 3.8) is 0 Å². The van der Waals surface area contributed by atoms with Gasteiger partial charge in [-0.25, -0.2) is 0 Å². The second kappa shape index (κ2) is 5.31. The van der Waals surface area contributed by atoms with E-state index in [0.717, 1.165) is 28.2 Å². The normalized spacial score (nSPS) is 14.7.